The first-order valence-electron chi connectivity index (χ1n) is 3.84. The van der Waals surface area contributed by atoms with Crippen molar-refractivity contribution in [1.29, 1.82) is 0 Å². The molecule has 1 aliphatic rings. The topological polar surface area (TPSA) is 60.2 Å². The number of Topliss-reactive ketones (excluding diaryl/α,β-unsaturated/α-hetero) is 1. The molecule has 0 saturated heterocycles. The van der Waals surface area contributed by atoms with Crippen LogP contribution in [0.3, 0.4) is 0 Å². The summed E-state index contributed by atoms with van der Waals surface area (Å²) in [4.78, 5) is 20.7. The van der Waals surface area contributed by atoms with Crippen molar-refractivity contribution in [1.82, 2.24) is 0 Å². The number of nitrogens with zero attached hydrogens (tertiary/aromatic N) is 1. The highest BCUT2D eigenvalue weighted by molar-refractivity contribution is 5.81. The summed E-state index contributed by atoms with van der Waals surface area (Å²) >= 11 is 0. The third-order valence-corrected chi connectivity index (χ3v) is 2.05. The van der Waals surface area contributed by atoms with Gasteiger partial charge in [0, 0.05) is 11.3 Å². The molecule has 0 heterocycles. The van der Waals surface area contributed by atoms with Gasteiger partial charge in [0.05, 0.1) is 5.92 Å². The zero-order valence-electron chi connectivity index (χ0n) is 6.28. The van der Waals surface area contributed by atoms with E-state index in [1.165, 1.54) is 0 Å². The van der Waals surface area contributed by atoms with Crippen LogP contribution in [0, 0.1) is 16.0 Å². The van der Waals surface area contributed by atoms with Crippen LogP contribution >= 0.6 is 0 Å². The molecular formula is C7H11NO3. The largest absolute Gasteiger partial charge is 0.299 e. The van der Waals surface area contributed by atoms with Gasteiger partial charge in [0.1, 0.15) is 5.78 Å². The quantitative estimate of drug-likeness (QED) is 0.444. The van der Waals surface area contributed by atoms with Crippen LogP contribution in [0.4, 0.5) is 0 Å². The molecule has 4 nitrogen and oxygen atoms in total. The summed E-state index contributed by atoms with van der Waals surface area (Å²) in [5.41, 5.74) is 0. The van der Waals surface area contributed by atoms with E-state index in [1.807, 2.05) is 0 Å². The minimum atomic E-state index is -0.395. The van der Waals surface area contributed by atoms with E-state index >= 15 is 0 Å². The van der Waals surface area contributed by atoms with Gasteiger partial charge in [-0.25, -0.2) is 0 Å². The molecule has 62 valence electrons. The molecule has 1 fully saturated rings. The van der Waals surface area contributed by atoms with Crippen LogP contribution in [0.5, 0.6) is 0 Å². The molecule has 0 spiro atoms. The summed E-state index contributed by atoms with van der Waals surface area (Å²) in [6, 6.07) is 0. The Hall–Kier alpha value is -0.930. The number of carbonyl (C=O) groups is 1. The second-order valence-corrected chi connectivity index (χ2v) is 2.92. The Morgan fingerprint density at radius 1 is 1.55 bits per heavy atom. The van der Waals surface area contributed by atoms with Gasteiger partial charge in [-0.3, -0.25) is 14.9 Å². The lowest BCUT2D eigenvalue weighted by molar-refractivity contribution is -0.485. The number of rotatable bonds is 2. The van der Waals surface area contributed by atoms with E-state index in [9.17, 15) is 14.9 Å². The molecule has 0 aliphatic heterocycles. The van der Waals surface area contributed by atoms with Crippen molar-refractivity contribution in [3.63, 3.8) is 0 Å². The molecule has 1 saturated carbocycles. The number of ketones is 1. The molecule has 0 N–H and O–H groups in total. The molecular weight excluding hydrogens is 146 g/mol. The van der Waals surface area contributed by atoms with Gasteiger partial charge in [0.15, 0.2) is 0 Å². The van der Waals surface area contributed by atoms with E-state index < -0.39 is 4.92 Å². The summed E-state index contributed by atoms with van der Waals surface area (Å²) in [5.74, 6) is -0.216. The maximum absolute atomic E-state index is 11.0. The van der Waals surface area contributed by atoms with Crippen LogP contribution in [0.15, 0.2) is 0 Å². The molecule has 0 aromatic carbocycles. The molecule has 4 heteroatoms. The molecule has 1 rings (SSSR count). The Morgan fingerprint density at radius 3 is 2.82 bits per heavy atom. The molecule has 11 heavy (non-hydrogen) atoms. The molecule has 1 aliphatic carbocycles. The van der Waals surface area contributed by atoms with Crippen molar-refractivity contribution in [2.45, 2.75) is 25.7 Å². The zero-order chi connectivity index (χ0) is 8.27. The van der Waals surface area contributed by atoms with E-state index in [2.05, 4.69) is 0 Å². The SMILES string of the molecule is O=C1CCCCC1C[N+](=O)[O-]. The highest BCUT2D eigenvalue weighted by Crippen LogP contribution is 2.20. The van der Waals surface area contributed by atoms with Gasteiger partial charge >= 0.3 is 0 Å². The minimum Gasteiger partial charge on any atom is -0.299 e. The lowest BCUT2D eigenvalue weighted by atomic mass is 9.88. The highest BCUT2D eigenvalue weighted by Gasteiger charge is 2.26. The van der Waals surface area contributed by atoms with Gasteiger partial charge in [-0.1, -0.05) is 6.42 Å². The lowest BCUT2D eigenvalue weighted by Crippen LogP contribution is -2.26. The second-order valence-electron chi connectivity index (χ2n) is 2.92. The Bertz CT molecular complexity index is 179. The fraction of sp³-hybridized carbons (Fsp3) is 0.857. The molecule has 0 aromatic rings. The summed E-state index contributed by atoms with van der Waals surface area (Å²) < 4.78 is 0. The van der Waals surface area contributed by atoms with E-state index in [1.54, 1.807) is 0 Å². The van der Waals surface area contributed by atoms with Crippen LogP contribution in [0.2, 0.25) is 0 Å². The van der Waals surface area contributed by atoms with E-state index in [-0.39, 0.29) is 18.2 Å². The molecule has 0 amide bonds. The third kappa shape index (κ3) is 2.29. The van der Waals surface area contributed by atoms with Crippen molar-refractivity contribution >= 4 is 5.78 Å². The summed E-state index contributed by atoms with van der Waals surface area (Å²) in [6.45, 7) is -0.168. The first-order valence-corrected chi connectivity index (χ1v) is 3.84. The Labute approximate surface area is 64.7 Å². The maximum Gasteiger partial charge on any atom is 0.213 e. The predicted molar refractivity (Wildman–Crippen MR) is 38.8 cm³/mol. The second kappa shape index (κ2) is 3.46. The van der Waals surface area contributed by atoms with E-state index in [0.29, 0.717) is 12.8 Å². The van der Waals surface area contributed by atoms with Crippen LogP contribution < -0.4 is 0 Å². The van der Waals surface area contributed by atoms with E-state index in [4.69, 9.17) is 0 Å². The van der Waals surface area contributed by atoms with Gasteiger partial charge in [0.2, 0.25) is 6.54 Å². The molecule has 0 bridgehead atoms. The van der Waals surface area contributed by atoms with E-state index in [0.717, 1.165) is 12.8 Å². The number of carbonyl (C=O) groups excluding carboxylic acids is 1. The fourth-order valence-electron chi connectivity index (χ4n) is 1.43. The average Bonchev–Trinajstić information content (AvgIpc) is 1.93. The summed E-state index contributed by atoms with van der Waals surface area (Å²) in [6.07, 6.45) is 3.12. The maximum atomic E-state index is 11.0. The van der Waals surface area contributed by atoms with Crippen molar-refractivity contribution in [3.8, 4) is 0 Å². The van der Waals surface area contributed by atoms with Gasteiger partial charge in [-0.15, -0.1) is 0 Å². The number of hydrogen-bond donors (Lipinski definition) is 0. The van der Waals surface area contributed by atoms with Crippen LogP contribution in [-0.4, -0.2) is 17.3 Å². The Morgan fingerprint density at radius 2 is 2.27 bits per heavy atom. The molecule has 1 atom stereocenters. The third-order valence-electron chi connectivity index (χ3n) is 2.05. The standard InChI is InChI=1S/C7H11NO3/c9-7-4-2-1-3-6(7)5-8(10)11/h6H,1-5H2. The number of nitro groups is 1. The molecule has 1 unspecified atom stereocenters. The van der Waals surface area contributed by atoms with Crippen LogP contribution in [-0.2, 0) is 4.79 Å². The fourth-order valence-corrected chi connectivity index (χ4v) is 1.43. The van der Waals surface area contributed by atoms with Crippen LogP contribution in [0.1, 0.15) is 25.7 Å². The van der Waals surface area contributed by atoms with Crippen molar-refractivity contribution in [2.24, 2.45) is 5.92 Å². The molecule has 0 radical (unpaired) electrons. The normalized spacial score (nSPS) is 25.1. The highest BCUT2D eigenvalue weighted by atomic mass is 16.6. The number of hydrogen-bond acceptors (Lipinski definition) is 3. The van der Waals surface area contributed by atoms with Gasteiger partial charge < -0.3 is 0 Å². The predicted octanol–water partition coefficient (Wildman–Crippen LogP) is 1.02. The van der Waals surface area contributed by atoms with Crippen molar-refractivity contribution in [2.75, 3.05) is 6.54 Å². The van der Waals surface area contributed by atoms with Gasteiger partial charge in [-0.2, -0.15) is 0 Å². The monoisotopic (exact) mass is 157 g/mol. The van der Waals surface area contributed by atoms with Crippen LogP contribution in [0.25, 0.3) is 0 Å². The first-order chi connectivity index (χ1) is 5.20. The minimum absolute atomic E-state index is 0.0768. The zero-order valence-corrected chi connectivity index (χ0v) is 6.28. The first kappa shape index (κ1) is 8.17. The van der Waals surface area contributed by atoms with Crippen molar-refractivity contribution < 1.29 is 9.72 Å². The summed E-state index contributed by atoms with van der Waals surface area (Å²) in [7, 11) is 0. The summed E-state index contributed by atoms with van der Waals surface area (Å²) in [5, 5.41) is 10.1. The van der Waals surface area contributed by atoms with Crippen molar-refractivity contribution in [3.05, 3.63) is 10.1 Å². The van der Waals surface area contributed by atoms with Gasteiger partial charge in [-0.05, 0) is 12.8 Å². The lowest BCUT2D eigenvalue weighted by Gasteiger charge is -2.15. The smallest absolute Gasteiger partial charge is 0.213 e. The Balaban J connectivity index is 2.42. The molecule has 0 aromatic heterocycles. The Kier molecular flexibility index (Phi) is 2.57. The average molecular weight is 157 g/mol. The van der Waals surface area contributed by atoms with Gasteiger partial charge in [0.25, 0.3) is 0 Å².